The van der Waals surface area contributed by atoms with Crippen LogP contribution in [0, 0.1) is 5.92 Å². The van der Waals surface area contributed by atoms with Crippen LogP contribution in [0.3, 0.4) is 0 Å². The second kappa shape index (κ2) is 8.26. The first kappa shape index (κ1) is 21.2. The average molecular weight is 365 g/mol. The lowest BCUT2D eigenvalue weighted by Crippen LogP contribution is -2.48. The SMILES string of the molecule is CC(=O)O[C@@]1(C)CC[C@H](O)[C@@]2(C)CC/C(C(C)C)=C\C=C(/C)CC[C@H]1O2. The fraction of sp³-hybridized carbons (Fsp3) is 0.773. The summed E-state index contributed by atoms with van der Waals surface area (Å²) in [5.74, 6) is 0.174. The maximum absolute atomic E-state index is 11.7. The van der Waals surface area contributed by atoms with E-state index in [0.29, 0.717) is 18.8 Å². The van der Waals surface area contributed by atoms with Crippen molar-refractivity contribution >= 4 is 5.97 Å². The number of carbonyl (C=O) groups is 1. The summed E-state index contributed by atoms with van der Waals surface area (Å²) in [4.78, 5) is 11.7. The first-order valence-corrected chi connectivity index (χ1v) is 9.97. The van der Waals surface area contributed by atoms with E-state index < -0.39 is 17.3 Å². The highest BCUT2D eigenvalue weighted by Gasteiger charge is 2.48. The third-order valence-corrected chi connectivity index (χ3v) is 6.12. The summed E-state index contributed by atoms with van der Waals surface area (Å²) in [7, 11) is 0. The molecule has 148 valence electrons. The summed E-state index contributed by atoms with van der Waals surface area (Å²) in [6.45, 7) is 12.0. The Morgan fingerprint density at radius 3 is 2.54 bits per heavy atom. The molecular weight excluding hydrogens is 328 g/mol. The number of esters is 1. The lowest BCUT2D eigenvalue weighted by atomic mass is 9.85. The van der Waals surface area contributed by atoms with Gasteiger partial charge in [0.05, 0.1) is 17.8 Å². The Hall–Kier alpha value is -1.13. The molecule has 0 aromatic rings. The Kier molecular flexibility index (Phi) is 6.73. The van der Waals surface area contributed by atoms with Gasteiger partial charge >= 0.3 is 5.97 Å². The van der Waals surface area contributed by atoms with Crippen LogP contribution in [0.15, 0.2) is 23.3 Å². The molecule has 2 aliphatic rings. The highest BCUT2D eigenvalue weighted by atomic mass is 16.6. The van der Waals surface area contributed by atoms with Crippen molar-refractivity contribution in [2.45, 2.75) is 103 Å². The third kappa shape index (κ3) is 4.98. The second-order valence-electron chi connectivity index (χ2n) is 8.83. The van der Waals surface area contributed by atoms with Crippen molar-refractivity contribution in [3.8, 4) is 0 Å². The van der Waals surface area contributed by atoms with E-state index >= 15 is 0 Å². The quantitative estimate of drug-likeness (QED) is 0.721. The summed E-state index contributed by atoms with van der Waals surface area (Å²) < 4.78 is 12.3. The number of fused-ring (bicyclic) bond motifs is 2. The van der Waals surface area contributed by atoms with E-state index in [1.165, 1.54) is 18.1 Å². The van der Waals surface area contributed by atoms with Gasteiger partial charge in [-0.15, -0.1) is 0 Å². The Labute approximate surface area is 158 Å². The number of ether oxygens (including phenoxy) is 2. The summed E-state index contributed by atoms with van der Waals surface area (Å²) in [6, 6.07) is 0. The predicted octanol–water partition coefficient (Wildman–Crippen LogP) is 4.71. The molecule has 2 aliphatic heterocycles. The van der Waals surface area contributed by atoms with Gasteiger partial charge in [-0.1, -0.05) is 37.1 Å². The largest absolute Gasteiger partial charge is 0.457 e. The highest BCUT2D eigenvalue weighted by Crippen LogP contribution is 2.41. The fourth-order valence-electron chi connectivity index (χ4n) is 4.10. The van der Waals surface area contributed by atoms with Crippen LogP contribution in [0.5, 0.6) is 0 Å². The number of allylic oxidation sites excluding steroid dienone is 4. The molecule has 2 heterocycles. The number of hydrogen-bond acceptors (Lipinski definition) is 4. The maximum Gasteiger partial charge on any atom is 0.303 e. The van der Waals surface area contributed by atoms with Crippen molar-refractivity contribution in [2.24, 2.45) is 5.92 Å². The minimum absolute atomic E-state index is 0.225. The van der Waals surface area contributed by atoms with Gasteiger partial charge < -0.3 is 14.6 Å². The third-order valence-electron chi connectivity index (χ3n) is 6.12. The molecule has 0 aliphatic carbocycles. The number of aliphatic hydroxyl groups is 1. The Balaban J connectivity index is 2.38. The first-order valence-electron chi connectivity index (χ1n) is 9.97. The lowest BCUT2D eigenvalue weighted by Gasteiger charge is -2.40. The number of rotatable bonds is 2. The topological polar surface area (TPSA) is 55.8 Å². The molecule has 2 rings (SSSR count). The van der Waals surface area contributed by atoms with Crippen molar-refractivity contribution in [2.75, 3.05) is 0 Å². The van der Waals surface area contributed by atoms with Gasteiger partial charge in [-0.05, 0) is 65.2 Å². The zero-order valence-electron chi connectivity index (χ0n) is 17.3. The lowest BCUT2D eigenvalue weighted by molar-refractivity contribution is -0.199. The highest BCUT2D eigenvalue weighted by molar-refractivity contribution is 5.66. The predicted molar refractivity (Wildman–Crippen MR) is 104 cm³/mol. The molecule has 0 amide bonds. The van der Waals surface area contributed by atoms with Gasteiger partial charge in [-0.3, -0.25) is 4.79 Å². The van der Waals surface area contributed by atoms with E-state index in [1.807, 2.05) is 13.8 Å². The van der Waals surface area contributed by atoms with Crippen LogP contribution in [0.25, 0.3) is 0 Å². The minimum atomic E-state index is -0.701. The monoisotopic (exact) mass is 364 g/mol. The normalized spacial score (nSPS) is 40.5. The Bertz CT molecular complexity index is 577. The Morgan fingerprint density at radius 2 is 1.92 bits per heavy atom. The van der Waals surface area contributed by atoms with Gasteiger partial charge in [-0.2, -0.15) is 0 Å². The van der Waals surface area contributed by atoms with Crippen LogP contribution in [-0.4, -0.2) is 34.5 Å². The average Bonchev–Trinajstić information content (AvgIpc) is 2.64. The molecule has 0 unspecified atom stereocenters. The molecule has 0 radical (unpaired) electrons. The standard InChI is InChI=1S/C22H36O4/c1-15(2)18-9-7-16(3)8-10-20-22(6,25-17(4)23)14-12-19(24)21(5,26-20)13-11-18/h7,9,15,19-20,24H,8,10-14H2,1-6H3/b16-7+,18-9+/t19-,20+,21+,22-/m0/s1. The molecule has 4 atom stereocenters. The van der Waals surface area contributed by atoms with Crippen LogP contribution in [0.4, 0.5) is 0 Å². The van der Waals surface area contributed by atoms with E-state index in [9.17, 15) is 9.90 Å². The molecule has 0 saturated carbocycles. The minimum Gasteiger partial charge on any atom is -0.457 e. The Morgan fingerprint density at radius 1 is 1.23 bits per heavy atom. The van der Waals surface area contributed by atoms with E-state index in [-0.39, 0.29) is 12.1 Å². The van der Waals surface area contributed by atoms with Crippen LogP contribution in [0.1, 0.15) is 80.1 Å². The van der Waals surface area contributed by atoms with Gasteiger partial charge in [0.2, 0.25) is 0 Å². The van der Waals surface area contributed by atoms with Crippen LogP contribution in [-0.2, 0) is 14.3 Å². The molecule has 0 aromatic heterocycles. The van der Waals surface area contributed by atoms with E-state index in [0.717, 1.165) is 25.7 Å². The molecule has 0 spiro atoms. The van der Waals surface area contributed by atoms with E-state index in [2.05, 4.69) is 32.9 Å². The summed E-state index contributed by atoms with van der Waals surface area (Å²) in [5.41, 5.74) is 1.35. The fourth-order valence-corrected chi connectivity index (χ4v) is 4.10. The zero-order valence-corrected chi connectivity index (χ0v) is 17.3. The number of aliphatic hydroxyl groups excluding tert-OH is 1. The molecule has 26 heavy (non-hydrogen) atoms. The molecule has 4 heteroatoms. The van der Waals surface area contributed by atoms with Crippen molar-refractivity contribution in [1.29, 1.82) is 0 Å². The first-order chi connectivity index (χ1) is 12.1. The van der Waals surface area contributed by atoms with Gasteiger partial charge in [0, 0.05) is 6.92 Å². The molecule has 1 saturated heterocycles. The van der Waals surface area contributed by atoms with Crippen LogP contribution < -0.4 is 0 Å². The second-order valence-corrected chi connectivity index (χ2v) is 8.83. The zero-order chi connectivity index (χ0) is 19.5. The maximum atomic E-state index is 11.7. The van der Waals surface area contributed by atoms with Gasteiger partial charge in [-0.25, -0.2) is 0 Å². The van der Waals surface area contributed by atoms with Crippen LogP contribution >= 0.6 is 0 Å². The summed E-state index contributed by atoms with van der Waals surface area (Å²) in [6.07, 6.45) is 8.17. The molecular formula is C22H36O4. The van der Waals surface area contributed by atoms with Gasteiger partial charge in [0.15, 0.2) is 0 Å². The smallest absolute Gasteiger partial charge is 0.303 e. The molecule has 2 bridgehead atoms. The van der Waals surface area contributed by atoms with Crippen molar-refractivity contribution < 1.29 is 19.4 Å². The van der Waals surface area contributed by atoms with Gasteiger partial charge in [0.1, 0.15) is 5.60 Å². The summed E-state index contributed by atoms with van der Waals surface area (Å²) in [5, 5.41) is 10.9. The van der Waals surface area contributed by atoms with Crippen molar-refractivity contribution in [1.82, 2.24) is 0 Å². The molecule has 1 N–H and O–H groups in total. The molecule has 1 fully saturated rings. The van der Waals surface area contributed by atoms with E-state index in [4.69, 9.17) is 9.47 Å². The van der Waals surface area contributed by atoms with E-state index in [1.54, 1.807) is 0 Å². The van der Waals surface area contributed by atoms with Crippen molar-refractivity contribution in [3.05, 3.63) is 23.3 Å². The van der Waals surface area contributed by atoms with Gasteiger partial charge in [0.25, 0.3) is 0 Å². The van der Waals surface area contributed by atoms with Crippen molar-refractivity contribution in [3.63, 3.8) is 0 Å². The molecule has 0 aromatic carbocycles. The number of hydrogen-bond donors (Lipinski definition) is 1. The number of carbonyl (C=O) groups excluding carboxylic acids is 1. The summed E-state index contributed by atoms with van der Waals surface area (Å²) >= 11 is 0. The molecule has 4 nitrogen and oxygen atoms in total. The van der Waals surface area contributed by atoms with Crippen LogP contribution in [0.2, 0.25) is 0 Å².